The number of rotatable bonds is 3. The van der Waals surface area contributed by atoms with Gasteiger partial charge in [-0.15, -0.1) is 0 Å². The lowest BCUT2D eigenvalue weighted by molar-refractivity contribution is -0.0274. The Kier molecular flexibility index (Phi) is 1.80. The molecule has 1 radical (unpaired) electrons. The Balaban J connectivity index is 2.21. The van der Waals surface area contributed by atoms with Crippen molar-refractivity contribution in [3.05, 3.63) is 6.92 Å². The molecule has 53 valence electrons. The van der Waals surface area contributed by atoms with Gasteiger partial charge in [0, 0.05) is 0 Å². The molecule has 0 aromatic heterocycles. The third-order valence-corrected chi connectivity index (χ3v) is 1.61. The first kappa shape index (κ1) is 7.07. The maximum Gasteiger partial charge on any atom is 0.0630 e. The highest BCUT2D eigenvalue weighted by molar-refractivity contribution is 4.80. The lowest BCUT2D eigenvalue weighted by atomic mass is 10.1. The van der Waals surface area contributed by atoms with E-state index >= 15 is 0 Å². The third kappa shape index (κ3) is 2.35. The van der Waals surface area contributed by atoms with Crippen LogP contribution in [-0.2, 0) is 4.74 Å². The summed E-state index contributed by atoms with van der Waals surface area (Å²) in [4.78, 5) is 0. The minimum atomic E-state index is 0.0150. The Hall–Kier alpha value is -0.0400. The van der Waals surface area contributed by atoms with E-state index in [4.69, 9.17) is 4.74 Å². The average molecular weight is 127 g/mol. The van der Waals surface area contributed by atoms with E-state index in [9.17, 15) is 0 Å². The minimum Gasteiger partial charge on any atom is -0.372 e. The van der Waals surface area contributed by atoms with Crippen LogP contribution in [0.5, 0.6) is 0 Å². The molecular formula is C8H15O. The van der Waals surface area contributed by atoms with Crippen molar-refractivity contribution >= 4 is 0 Å². The molecule has 1 aliphatic rings. The first-order chi connectivity index (χ1) is 4.14. The van der Waals surface area contributed by atoms with Crippen LogP contribution in [0.2, 0.25) is 0 Å². The van der Waals surface area contributed by atoms with Crippen molar-refractivity contribution in [1.82, 2.24) is 0 Å². The van der Waals surface area contributed by atoms with Crippen LogP contribution in [0.15, 0.2) is 0 Å². The first-order valence-electron chi connectivity index (χ1n) is 3.61. The zero-order valence-corrected chi connectivity index (χ0v) is 6.31. The van der Waals surface area contributed by atoms with Crippen molar-refractivity contribution in [2.24, 2.45) is 0 Å². The molecule has 1 aliphatic carbocycles. The Morgan fingerprint density at radius 3 is 2.44 bits per heavy atom. The summed E-state index contributed by atoms with van der Waals surface area (Å²) in [6, 6.07) is 0. The van der Waals surface area contributed by atoms with E-state index < -0.39 is 0 Å². The van der Waals surface area contributed by atoms with Gasteiger partial charge in [-0.1, -0.05) is 6.92 Å². The highest BCUT2D eigenvalue weighted by Crippen LogP contribution is 2.29. The van der Waals surface area contributed by atoms with Gasteiger partial charge >= 0.3 is 0 Å². The highest BCUT2D eigenvalue weighted by atomic mass is 16.5. The third-order valence-electron chi connectivity index (χ3n) is 1.61. The smallest absolute Gasteiger partial charge is 0.0630 e. The fraction of sp³-hybridized carbons (Fsp3) is 0.875. The fourth-order valence-corrected chi connectivity index (χ4v) is 0.696. The molecule has 0 aliphatic heterocycles. The van der Waals surface area contributed by atoms with Crippen molar-refractivity contribution in [3.63, 3.8) is 0 Å². The highest BCUT2D eigenvalue weighted by Gasteiger charge is 2.29. The molecule has 0 saturated heterocycles. The van der Waals surface area contributed by atoms with E-state index in [0.717, 1.165) is 6.42 Å². The Morgan fingerprint density at radius 2 is 2.11 bits per heavy atom. The average Bonchev–Trinajstić information content (AvgIpc) is 2.50. The van der Waals surface area contributed by atoms with E-state index in [1.165, 1.54) is 12.8 Å². The lowest BCUT2D eigenvalue weighted by Gasteiger charge is -2.22. The van der Waals surface area contributed by atoms with Gasteiger partial charge in [-0.05, 0) is 33.1 Å². The predicted octanol–water partition coefficient (Wildman–Crippen LogP) is 2.17. The number of hydrogen-bond donors (Lipinski definition) is 0. The fourth-order valence-electron chi connectivity index (χ4n) is 0.696. The molecule has 1 saturated carbocycles. The van der Waals surface area contributed by atoms with E-state index in [1.807, 2.05) is 0 Å². The van der Waals surface area contributed by atoms with E-state index in [1.54, 1.807) is 0 Å². The van der Waals surface area contributed by atoms with Crippen molar-refractivity contribution in [3.8, 4) is 0 Å². The van der Waals surface area contributed by atoms with Crippen LogP contribution >= 0.6 is 0 Å². The normalized spacial score (nSPS) is 20.3. The Labute approximate surface area is 57.4 Å². The van der Waals surface area contributed by atoms with E-state index in [0.29, 0.717) is 6.10 Å². The zero-order chi connectivity index (χ0) is 6.91. The van der Waals surface area contributed by atoms with Gasteiger partial charge in [0.05, 0.1) is 11.7 Å². The molecule has 0 aromatic carbocycles. The predicted molar refractivity (Wildman–Crippen MR) is 38.2 cm³/mol. The molecule has 0 unspecified atom stereocenters. The molecule has 1 nitrogen and oxygen atoms in total. The molecule has 1 rings (SSSR count). The first-order valence-corrected chi connectivity index (χ1v) is 3.61. The van der Waals surface area contributed by atoms with E-state index in [-0.39, 0.29) is 5.60 Å². The van der Waals surface area contributed by atoms with Gasteiger partial charge in [-0.2, -0.15) is 0 Å². The van der Waals surface area contributed by atoms with Crippen LogP contribution in [0, 0.1) is 6.92 Å². The van der Waals surface area contributed by atoms with Gasteiger partial charge < -0.3 is 4.74 Å². The van der Waals surface area contributed by atoms with Crippen LogP contribution in [0.3, 0.4) is 0 Å². The molecule has 0 atom stereocenters. The van der Waals surface area contributed by atoms with Gasteiger partial charge in [-0.25, -0.2) is 0 Å². The van der Waals surface area contributed by atoms with Crippen molar-refractivity contribution < 1.29 is 4.74 Å². The second-order valence-corrected chi connectivity index (χ2v) is 3.33. The summed E-state index contributed by atoms with van der Waals surface area (Å²) in [6.07, 6.45) is 3.93. The maximum absolute atomic E-state index is 5.64. The van der Waals surface area contributed by atoms with Crippen LogP contribution in [0.1, 0.15) is 33.1 Å². The monoisotopic (exact) mass is 127 g/mol. The lowest BCUT2D eigenvalue weighted by Crippen LogP contribution is -2.24. The van der Waals surface area contributed by atoms with Crippen LogP contribution in [-0.4, -0.2) is 11.7 Å². The summed E-state index contributed by atoms with van der Waals surface area (Å²) in [5.41, 5.74) is 0.0150. The molecule has 1 heteroatoms. The van der Waals surface area contributed by atoms with Crippen molar-refractivity contribution in [2.45, 2.75) is 44.8 Å². The summed E-state index contributed by atoms with van der Waals surface area (Å²) in [5.74, 6) is 0. The standard InChI is InChI=1S/C8H15O/c1-4-8(2,3)9-7-5-6-7/h7H,1,4-6H2,2-3H3. The maximum atomic E-state index is 5.64. The van der Waals surface area contributed by atoms with Crippen LogP contribution in [0.4, 0.5) is 0 Å². The molecule has 0 N–H and O–H groups in total. The summed E-state index contributed by atoms with van der Waals surface area (Å²) < 4.78 is 5.64. The van der Waals surface area contributed by atoms with Crippen molar-refractivity contribution in [1.29, 1.82) is 0 Å². The van der Waals surface area contributed by atoms with Gasteiger partial charge in [0.15, 0.2) is 0 Å². The molecule has 9 heavy (non-hydrogen) atoms. The zero-order valence-electron chi connectivity index (χ0n) is 6.31. The minimum absolute atomic E-state index is 0.0150. The molecular weight excluding hydrogens is 112 g/mol. The van der Waals surface area contributed by atoms with Crippen LogP contribution < -0.4 is 0 Å². The second-order valence-electron chi connectivity index (χ2n) is 3.33. The SMILES string of the molecule is [CH2]CC(C)(C)OC1CC1. The number of hydrogen-bond acceptors (Lipinski definition) is 1. The van der Waals surface area contributed by atoms with Gasteiger partial charge in [-0.3, -0.25) is 0 Å². The molecule has 0 bridgehead atoms. The van der Waals surface area contributed by atoms with E-state index in [2.05, 4.69) is 20.8 Å². The summed E-state index contributed by atoms with van der Waals surface area (Å²) in [7, 11) is 0. The molecule has 1 fully saturated rings. The number of ether oxygens (including phenoxy) is 1. The van der Waals surface area contributed by atoms with Gasteiger partial charge in [0.2, 0.25) is 0 Å². The Morgan fingerprint density at radius 1 is 1.56 bits per heavy atom. The Bertz CT molecular complexity index is 92.7. The van der Waals surface area contributed by atoms with Gasteiger partial charge in [0.25, 0.3) is 0 Å². The topological polar surface area (TPSA) is 9.23 Å². The van der Waals surface area contributed by atoms with Crippen LogP contribution in [0.25, 0.3) is 0 Å². The molecule has 0 spiro atoms. The summed E-state index contributed by atoms with van der Waals surface area (Å²) >= 11 is 0. The molecule has 0 amide bonds. The molecule has 0 aromatic rings. The van der Waals surface area contributed by atoms with Crippen molar-refractivity contribution in [2.75, 3.05) is 0 Å². The second kappa shape index (κ2) is 2.30. The molecule has 0 heterocycles. The quantitative estimate of drug-likeness (QED) is 0.564. The summed E-state index contributed by atoms with van der Waals surface area (Å²) in [6.45, 7) is 8.00. The van der Waals surface area contributed by atoms with Gasteiger partial charge in [0.1, 0.15) is 0 Å². The largest absolute Gasteiger partial charge is 0.372 e. The summed E-state index contributed by atoms with van der Waals surface area (Å²) in [5, 5.41) is 0.